The third kappa shape index (κ3) is 4.09. The summed E-state index contributed by atoms with van der Waals surface area (Å²) in [5.41, 5.74) is 1.79. The van der Waals surface area contributed by atoms with E-state index >= 15 is 0 Å². The van der Waals surface area contributed by atoms with E-state index in [1.165, 1.54) is 18.2 Å². The smallest absolute Gasteiger partial charge is 0.283 e. The molecule has 0 radical (unpaired) electrons. The van der Waals surface area contributed by atoms with Crippen molar-refractivity contribution in [3.63, 3.8) is 0 Å². The normalized spacial score (nSPS) is 11.4. The number of anilines is 1. The van der Waals surface area contributed by atoms with Crippen LogP contribution in [-0.4, -0.2) is 18.5 Å². The average molecular weight is 441 g/mol. The summed E-state index contributed by atoms with van der Waals surface area (Å²) in [5, 5.41) is 9.71. The van der Waals surface area contributed by atoms with Gasteiger partial charge in [-0.15, -0.1) is 0 Å². The van der Waals surface area contributed by atoms with E-state index in [2.05, 4.69) is 9.71 Å². The number of nitrogens with zero attached hydrogens (tertiary/aromatic N) is 1. The largest absolute Gasteiger partial charge is 0.435 e. The van der Waals surface area contributed by atoms with Crippen molar-refractivity contribution in [2.45, 2.75) is 11.6 Å². The van der Waals surface area contributed by atoms with E-state index in [-0.39, 0.29) is 29.0 Å². The fraction of sp³-hybridized carbons (Fsp3) is 0.0455. The van der Waals surface area contributed by atoms with Crippen LogP contribution in [0.15, 0.2) is 88.3 Å². The number of aromatic nitrogens is 1. The van der Waals surface area contributed by atoms with Crippen LogP contribution >= 0.6 is 11.6 Å². The van der Waals surface area contributed by atoms with E-state index in [0.717, 1.165) is 0 Å². The molecule has 1 aromatic heterocycles. The van der Waals surface area contributed by atoms with Crippen molar-refractivity contribution < 1.29 is 17.9 Å². The summed E-state index contributed by atoms with van der Waals surface area (Å²) in [6.45, 7) is -0.377. The molecule has 8 heteroatoms. The first-order valence-electron chi connectivity index (χ1n) is 9.02. The summed E-state index contributed by atoms with van der Waals surface area (Å²) in [4.78, 5) is 4.29. The molecule has 6 nitrogen and oxygen atoms in total. The molecule has 0 aliphatic rings. The molecule has 0 aliphatic heterocycles. The molecule has 0 spiro atoms. The zero-order valence-electron chi connectivity index (χ0n) is 15.6. The maximum Gasteiger partial charge on any atom is 0.283 e. The van der Waals surface area contributed by atoms with Gasteiger partial charge in [-0.3, -0.25) is 4.72 Å². The first-order chi connectivity index (χ1) is 14.5. The SMILES string of the molecule is O=S(=O)(Nc1ccc(Cl)cc1CO)c1nc(-c2ccccc2)oc1-c1ccccc1. The molecule has 0 aliphatic carbocycles. The van der Waals surface area contributed by atoms with Crippen LogP contribution in [0.3, 0.4) is 0 Å². The van der Waals surface area contributed by atoms with Gasteiger partial charge in [0.15, 0.2) is 5.76 Å². The molecule has 0 saturated carbocycles. The van der Waals surface area contributed by atoms with Crippen molar-refractivity contribution in [3.05, 3.63) is 89.4 Å². The highest BCUT2D eigenvalue weighted by Crippen LogP contribution is 2.34. The molecule has 0 fully saturated rings. The Balaban J connectivity index is 1.83. The van der Waals surface area contributed by atoms with Crippen molar-refractivity contribution in [1.82, 2.24) is 4.98 Å². The number of aliphatic hydroxyl groups excluding tert-OH is 1. The van der Waals surface area contributed by atoms with Crippen LogP contribution < -0.4 is 4.72 Å². The number of hydrogen-bond donors (Lipinski definition) is 2. The van der Waals surface area contributed by atoms with Gasteiger partial charge in [-0.2, -0.15) is 13.4 Å². The molecule has 0 saturated heterocycles. The molecule has 3 aromatic carbocycles. The zero-order chi connectivity index (χ0) is 21.1. The number of nitrogens with one attached hydrogen (secondary N) is 1. The Hall–Kier alpha value is -3.13. The van der Waals surface area contributed by atoms with Gasteiger partial charge in [0.25, 0.3) is 10.0 Å². The summed E-state index contributed by atoms with van der Waals surface area (Å²) >= 11 is 5.94. The molecule has 4 rings (SSSR count). The topological polar surface area (TPSA) is 92.4 Å². The molecular weight excluding hydrogens is 424 g/mol. The highest BCUT2D eigenvalue weighted by Gasteiger charge is 2.28. The molecule has 30 heavy (non-hydrogen) atoms. The number of hydrogen-bond acceptors (Lipinski definition) is 5. The second kappa shape index (κ2) is 8.31. The van der Waals surface area contributed by atoms with Gasteiger partial charge in [-0.1, -0.05) is 60.1 Å². The lowest BCUT2D eigenvalue weighted by molar-refractivity contribution is 0.282. The standard InChI is InChI=1S/C22H17ClN2O4S/c23-18-11-12-19(17(13-18)14-26)25-30(27,28)22-20(15-7-3-1-4-8-15)29-21(24-22)16-9-5-2-6-10-16/h1-13,25-26H,14H2. The van der Waals surface area contributed by atoms with Crippen LogP contribution in [0, 0.1) is 0 Å². The third-order valence-corrected chi connectivity index (χ3v) is 5.90. The van der Waals surface area contributed by atoms with Crippen molar-refractivity contribution >= 4 is 27.3 Å². The Morgan fingerprint density at radius 1 is 0.933 bits per heavy atom. The van der Waals surface area contributed by atoms with Gasteiger partial charge in [-0.25, -0.2) is 0 Å². The minimum atomic E-state index is -4.13. The summed E-state index contributed by atoms with van der Waals surface area (Å²) in [5.74, 6) is 0.315. The highest BCUT2D eigenvalue weighted by molar-refractivity contribution is 7.92. The fourth-order valence-corrected chi connectivity index (χ4v) is 4.34. The number of rotatable bonds is 6. The lowest BCUT2D eigenvalue weighted by atomic mass is 10.2. The van der Waals surface area contributed by atoms with Crippen molar-refractivity contribution in [2.24, 2.45) is 0 Å². The van der Waals surface area contributed by atoms with Crippen molar-refractivity contribution in [3.8, 4) is 22.8 Å². The second-order valence-electron chi connectivity index (χ2n) is 6.45. The van der Waals surface area contributed by atoms with Crippen molar-refractivity contribution in [2.75, 3.05) is 4.72 Å². The summed E-state index contributed by atoms with van der Waals surface area (Å²) in [7, 11) is -4.13. The molecule has 0 amide bonds. The van der Waals surface area contributed by atoms with E-state index in [4.69, 9.17) is 16.0 Å². The van der Waals surface area contributed by atoms with Gasteiger partial charge in [-0.05, 0) is 30.3 Å². The van der Waals surface area contributed by atoms with Crippen LogP contribution in [0.5, 0.6) is 0 Å². The molecular formula is C22H17ClN2O4S. The van der Waals surface area contributed by atoms with Crippen LogP contribution in [-0.2, 0) is 16.6 Å². The summed E-state index contributed by atoms with van der Waals surface area (Å²) in [6, 6.07) is 22.5. The van der Waals surface area contributed by atoms with Gasteiger partial charge in [0.2, 0.25) is 10.9 Å². The predicted octanol–water partition coefficient (Wildman–Crippen LogP) is 4.96. The number of sulfonamides is 1. The maximum atomic E-state index is 13.2. The Bertz CT molecular complexity index is 1270. The fourth-order valence-electron chi connectivity index (χ4n) is 2.95. The quantitative estimate of drug-likeness (QED) is 0.442. The minimum absolute atomic E-state index is 0.126. The molecule has 4 aromatic rings. The maximum absolute atomic E-state index is 13.2. The number of aliphatic hydroxyl groups is 1. The van der Waals surface area contributed by atoms with Gasteiger partial charge < -0.3 is 9.52 Å². The second-order valence-corrected chi connectivity index (χ2v) is 8.48. The molecule has 0 unspecified atom stereocenters. The first-order valence-corrected chi connectivity index (χ1v) is 10.9. The van der Waals surface area contributed by atoms with Crippen LogP contribution in [0.2, 0.25) is 5.02 Å². The van der Waals surface area contributed by atoms with E-state index in [0.29, 0.717) is 21.7 Å². The van der Waals surface area contributed by atoms with E-state index < -0.39 is 10.0 Å². The third-order valence-electron chi connectivity index (χ3n) is 4.39. The first kappa shape index (κ1) is 20.2. The molecule has 0 atom stereocenters. The van der Waals surface area contributed by atoms with Gasteiger partial charge in [0.05, 0.1) is 12.3 Å². The van der Waals surface area contributed by atoms with Crippen LogP contribution in [0.1, 0.15) is 5.56 Å². The molecule has 2 N–H and O–H groups in total. The highest BCUT2D eigenvalue weighted by atomic mass is 35.5. The Labute approximate surface area is 178 Å². The summed E-state index contributed by atoms with van der Waals surface area (Å²) in [6.07, 6.45) is 0. The Kier molecular flexibility index (Phi) is 5.59. The lowest BCUT2D eigenvalue weighted by Crippen LogP contribution is -2.15. The minimum Gasteiger partial charge on any atom is -0.435 e. The van der Waals surface area contributed by atoms with Crippen LogP contribution in [0.25, 0.3) is 22.8 Å². The number of oxazole rings is 1. The van der Waals surface area contributed by atoms with Gasteiger partial charge in [0, 0.05) is 21.7 Å². The Morgan fingerprint density at radius 3 is 2.20 bits per heavy atom. The van der Waals surface area contributed by atoms with Gasteiger partial charge >= 0.3 is 0 Å². The average Bonchev–Trinajstić information content (AvgIpc) is 3.23. The molecule has 1 heterocycles. The lowest BCUT2D eigenvalue weighted by Gasteiger charge is -2.11. The van der Waals surface area contributed by atoms with Gasteiger partial charge in [0.1, 0.15) is 0 Å². The zero-order valence-corrected chi connectivity index (χ0v) is 17.2. The number of halogens is 1. The van der Waals surface area contributed by atoms with Crippen LogP contribution in [0.4, 0.5) is 5.69 Å². The van der Waals surface area contributed by atoms with E-state index in [1.807, 2.05) is 24.3 Å². The molecule has 152 valence electrons. The van der Waals surface area contributed by atoms with E-state index in [1.54, 1.807) is 36.4 Å². The summed E-state index contributed by atoms with van der Waals surface area (Å²) < 4.78 is 34.9. The number of benzene rings is 3. The van der Waals surface area contributed by atoms with E-state index in [9.17, 15) is 13.5 Å². The Morgan fingerprint density at radius 2 is 1.57 bits per heavy atom. The predicted molar refractivity (Wildman–Crippen MR) is 116 cm³/mol. The van der Waals surface area contributed by atoms with Crippen molar-refractivity contribution in [1.29, 1.82) is 0 Å². The molecule has 0 bridgehead atoms. The monoisotopic (exact) mass is 440 g/mol.